The van der Waals surface area contributed by atoms with Gasteiger partial charge in [0, 0.05) is 6.92 Å². The molecule has 0 aliphatic carbocycles. The predicted octanol–water partition coefficient (Wildman–Crippen LogP) is 0.631. The molecular formula is C14H18BNO5. The minimum Gasteiger partial charge on any atom is -0.534 e. The number of fused-ring (bicyclic) bond motifs is 1. The topological polar surface area (TPSA) is 84.9 Å². The molecule has 0 saturated heterocycles. The number of esters is 1. The summed E-state index contributed by atoms with van der Waals surface area (Å²) < 4.78 is 10.5. The van der Waals surface area contributed by atoms with Crippen LogP contribution < -0.4 is 9.97 Å². The van der Waals surface area contributed by atoms with E-state index in [1.807, 2.05) is 6.07 Å². The van der Waals surface area contributed by atoms with E-state index < -0.39 is 19.0 Å². The van der Waals surface area contributed by atoms with Crippen LogP contribution >= 0.6 is 0 Å². The Bertz CT molecular complexity index is 575. The van der Waals surface area contributed by atoms with E-state index in [-0.39, 0.29) is 12.5 Å². The number of amides is 1. The second-order valence-electron chi connectivity index (χ2n) is 4.99. The monoisotopic (exact) mass is 291 g/mol. The molecule has 1 aliphatic heterocycles. The van der Waals surface area contributed by atoms with Crippen molar-refractivity contribution in [2.24, 2.45) is 0 Å². The summed E-state index contributed by atoms with van der Waals surface area (Å²) in [6.07, 6.45) is 0.392. The van der Waals surface area contributed by atoms with Crippen molar-refractivity contribution in [3.8, 4) is 5.75 Å². The van der Waals surface area contributed by atoms with Crippen molar-refractivity contribution in [3.63, 3.8) is 0 Å². The predicted molar refractivity (Wildman–Crippen MR) is 77.0 cm³/mol. The number of carbonyl (C=O) groups is 2. The zero-order valence-corrected chi connectivity index (χ0v) is 12.3. The summed E-state index contributed by atoms with van der Waals surface area (Å²) in [5, 5.41) is 12.6. The Labute approximate surface area is 123 Å². The maximum absolute atomic E-state index is 12.0. The van der Waals surface area contributed by atoms with Crippen LogP contribution in [0.5, 0.6) is 5.75 Å². The second kappa shape index (κ2) is 6.18. The van der Waals surface area contributed by atoms with E-state index in [1.165, 1.54) is 6.92 Å². The van der Waals surface area contributed by atoms with Crippen LogP contribution in [-0.2, 0) is 16.0 Å². The van der Waals surface area contributed by atoms with Crippen molar-refractivity contribution >= 4 is 19.0 Å². The molecule has 1 atom stereocenters. The normalized spacial score (nSPS) is 16.8. The summed E-state index contributed by atoms with van der Waals surface area (Å²) in [5.41, 5.74) is 1.81. The average molecular weight is 291 g/mol. The third kappa shape index (κ3) is 3.18. The molecule has 1 amide bonds. The molecule has 0 bridgehead atoms. The summed E-state index contributed by atoms with van der Waals surface area (Å²) in [7, 11) is -1.20. The van der Waals surface area contributed by atoms with Gasteiger partial charge in [0.1, 0.15) is 11.3 Å². The van der Waals surface area contributed by atoms with Crippen LogP contribution in [0.15, 0.2) is 12.1 Å². The summed E-state index contributed by atoms with van der Waals surface area (Å²) in [4.78, 5) is 23.2. The van der Waals surface area contributed by atoms with Gasteiger partial charge in [0.2, 0.25) is 5.91 Å². The lowest BCUT2D eigenvalue weighted by molar-refractivity contribution is -0.119. The quantitative estimate of drug-likeness (QED) is 0.630. The van der Waals surface area contributed by atoms with Crippen LogP contribution in [0.1, 0.15) is 35.3 Å². The highest BCUT2D eigenvalue weighted by atomic mass is 16.5. The molecule has 0 saturated carbocycles. The van der Waals surface area contributed by atoms with Crippen LogP contribution in [0.25, 0.3) is 0 Å². The Balaban J connectivity index is 2.37. The smallest absolute Gasteiger partial charge is 0.534 e. The number of rotatable bonds is 3. The molecule has 1 heterocycles. The van der Waals surface area contributed by atoms with Crippen molar-refractivity contribution in [1.82, 2.24) is 5.32 Å². The Morgan fingerprint density at radius 2 is 2.24 bits per heavy atom. The highest BCUT2D eigenvalue weighted by Gasteiger charge is 2.37. The van der Waals surface area contributed by atoms with Crippen LogP contribution in [0.4, 0.5) is 0 Å². The molecule has 2 N–H and O–H groups in total. The lowest BCUT2D eigenvalue weighted by atomic mass is 9.72. The first kappa shape index (κ1) is 15.4. The molecule has 0 spiro atoms. The molecule has 1 aliphatic rings. The van der Waals surface area contributed by atoms with Crippen LogP contribution in [-0.4, -0.2) is 36.6 Å². The van der Waals surface area contributed by atoms with E-state index in [1.54, 1.807) is 19.9 Å². The Morgan fingerprint density at radius 3 is 2.86 bits per heavy atom. The van der Waals surface area contributed by atoms with E-state index >= 15 is 0 Å². The molecule has 6 nitrogen and oxygen atoms in total. The molecule has 0 radical (unpaired) electrons. The van der Waals surface area contributed by atoms with Gasteiger partial charge in [-0.1, -0.05) is 12.1 Å². The molecule has 1 aromatic rings. The van der Waals surface area contributed by atoms with Gasteiger partial charge >= 0.3 is 13.1 Å². The average Bonchev–Trinajstić information content (AvgIpc) is 2.39. The molecule has 0 aromatic heterocycles. The zero-order chi connectivity index (χ0) is 15.6. The fourth-order valence-corrected chi connectivity index (χ4v) is 2.40. The summed E-state index contributed by atoms with van der Waals surface area (Å²) in [6.45, 7) is 5.15. The van der Waals surface area contributed by atoms with Crippen molar-refractivity contribution in [1.29, 1.82) is 0 Å². The van der Waals surface area contributed by atoms with E-state index in [2.05, 4.69) is 5.32 Å². The van der Waals surface area contributed by atoms with Gasteiger partial charge in [-0.25, -0.2) is 4.79 Å². The SMILES string of the molecule is CCOC(=O)c1c(C)ccc2c1OB(O)[C@@H](NC(C)=O)C2. The van der Waals surface area contributed by atoms with Crippen molar-refractivity contribution in [3.05, 3.63) is 28.8 Å². The number of nitrogens with one attached hydrogen (secondary N) is 1. The fraction of sp³-hybridized carbons (Fsp3) is 0.429. The minimum atomic E-state index is -1.20. The third-order valence-corrected chi connectivity index (χ3v) is 3.34. The standard InChI is InChI=1S/C14H18BNO5/c1-4-20-14(18)12-8(2)5-6-10-7-11(16-9(3)17)15(19)21-13(10)12/h5-6,11,19H,4,7H2,1-3H3,(H,16,17)/t11-/m0/s1. The number of aryl methyl sites for hydroxylation is 1. The van der Waals surface area contributed by atoms with Crippen molar-refractivity contribution in [2.75, 3.05) is 6.61 Å². The molecule has 0 unspecified atom stereocenters. The molecule has 0 fully saturated rings. The van der Waals surface area contributed by atoms with Gasteiger partial charge in [0.25, 0.3) is 0 Å². The number of hydrogen-bond acceptors (Lipinski definition) is 5. The minimum absolute atomic E-state index is 0.246. The lowest BCUT2D eigenvalue weighted by Crippen LogP contribution is -2.52. The van der Waals surface area contributed by atoms with Crippen LogP contribution in [0.2, 0.25) is 0 Å². The highest BCUT2D eigenvalue weighted by Crippen LogP contribution is 2.32. The van der Waals surface area contributed by atoms with E-state index in [0.29, 0.717) is 17.7 Å². The Hall–Kier alpha value is -2.02. The highest BCUT2D eigenvalue weighted by molar-refractivity contribution is 6.47. The third-order valence-electron chi connectivity index (χ3n) is 3.34. The van der Waals surface area contributed by atoms with Crippen LogP contribution in [0.3, 0.4) is 0 Å². The molecule has 1 aromatic carbocycles. The van der Waals surface area contributed by atoms with E-state index in [4.69, 9.17) is 9.39 Å². The molecular weight excluding hydrogens is 273 g/mol. The zero-order valence-electron chi connectivity index (χ0n) is 12.3. The fourth-order valence-electron chi connectivity index (χ4n) is 2.40. The maximum Gasteiger partial charge on any atom is 0.547 e. The first-order valence-electron chi connectivity index (χ1n) is 6.85. The largest absolute Gasteiger partial charge is 0.547 e. The molecule has 7 heteroatoms. The first-order chi connectivity index (χ1) is 9.93. The van der Waals surface area contributed by atoms with Gasteiger partial charge in [0.15, 0.2) is 0 Å². The Morgan fingerprint density at radius 1 is 1.52 bits per heavy atom. The summed E-state index contributed by atoms with van der Waals surface area (Å²) in [5.74, 6) is -0.920. The number of hydrogen-bond donors (Lipinski definition) is 2. The van der Waals surface area contributed by atoms with Gasteiger partial charge in [0.05, 0.1) is 12.5 Å². The maximum atomic E-state index is 12.0. The van der Waals surface area contributed by atoms with E-state index in [0.717, 1.165) is 11.1 Å². The van der Waals surface area contributed by atoms with Crippen LogP contribution in [0, 0.1) is 6.92 Å². The summed E-state index contributed by atoms with van der Waals surface area (Å²) >= 11 is 0. The van der Waals surface area contributed by atoms with Gasteiger partial charge in [-0.05, 0) is 31.4 Å². The molecule has 21 heavy (non-hydrogen) atoms. The van der Waals surface area contributed by atoms with E-state index in [9.17, 15) is 14.6 Å². The Kier molecular flexibility index (Phi) is 4.52. The van der Waals surface area contributed by atoms with Gasteiger partial charge < -0.3 is 19.7 Å². The van der Waals surface area contributed by atoms with Gasteiger partial charge in [-0.15, -0.1) is 0 Å². The first-order valence-corrected chi connectivity index (χ1v) is 6.85. The lowest BCUT2D eigenvalue weighted by Gasteiger charge is -2.29. The second-order valence-corrected chi connectivity index (χ2v) is 4.99. The number of ether oxygens (including phenoxy) is 1. The van der Waals surface area contributed by atoms with Gasteiger partial charge in [-0.2, -0.15) is 0 Å². The molecule has 112 valence electrons. The number of carbonyl (C=O) groups excluding carboxylic acids is 2. The number of benzene rings is 1. The van der Waals surface area contributed by atoms with Crippen molar-refractivity contribution < 1.29 is 24.0 Å². The molecule has 2 rings (SSSR count). The van der Waals surface area contributed by atoms with Crippen molar-refractivity contribution in [2.45, 2.75) is 33.1 Å². The summed E-state index contributed by atoms with van der Waals surface area (Å²) in [6, 6.07) is 3.63. The van der Waals surface area contributed by atoms with Gasteiger partial charge in [-0.3, -0.25) is 4.79 Å².